The van der Waals surface area contributed by atoms with Crippen molar-refractivity contribution in [3.8, 4) is 0 Å². The van der Waals surface area contributed by atoms with Crippen molar-refractivity contribution in [2.75, 3.05) is 31.0 Å². The number of rotatable bonds is 4. The molecule has 4 rings (SSSR count). The van der Waals surface area contributed by atoms with E-state index in [0.29, 0.717) is 50.4 Å². The maximum atomic E-state index is 12.9. The van der Waals surface area contributed by atoms with Gasteiger partial charge >= 0.3 is 0 Å². The van der Waals surface area contributed by atoms with Crippen molar-refractivity contribution >= 4 is 37.5 Å². The highest BCUT2D eigenvalue weighted by Crippen LogP contribution is 2.32. The number of carbonyl (C=O) groups is 1. The second-order valence-electron chi connectivity index (χ2n) is 7.04. The number of anilines is 1. The van der Waals surface area contributed by atoms with Crippen LogP contribution < -0.4 is 4.72 Å². The molecular weight excluding hydrogens is 460 g/mol. The van der Waals surface area contributed by atoms with E-state index in [1.807, 2.05) is 0 Å². The largest absolute Gasteiger partial charge is 0.347 e. The number of ether oxygens (including phenoxy) is 2. The monoisotopic (exact) mass is 480 g/mol. The van der Waals surface area contributed by atoms with Gasteiger partial charge in [-0.3, -0.25) is 9.52 Å². The third kappa shape index (κ3) is 4.48. The van der Waals surface area contributed by atoms with Gasteiger partial charge in [-0.2, -0.15) is 0 Å². The first-order valence-corrected chi connectivity index (χ1v) is 11.6. The van der Waals surface area contributed by atoms with Gasteiger partial charge in [0.15, 0.2) is 5.79 Å². The Labute approximate surface area is 178 Å². The Morgan fingerprint density at radius 3 is 2.34 bits per heavy atom. The number of carbonyl (C=O) groups excluding carboxylic acids is 1. The molecule has 29 heavy (non-hydrogen) atoms. The third-order valence-corrected chi connectivity index (χ3v) is 7.04. The van der Waals surface area contributed by atoms with Gasteiger partial charge in [0.2, 0.25) is 0 Å². The topological polar surface area (TPSA) is 84.9 Å². The molecule has 1 N–H and O–H groups in total. The van der Waals surface area contributed by atoms with Gasteiger partial charge in [0.1, 0.15) is 0 Å². The molecule has 1 spiro atoms. The summed E-state index contributed by atoms with van der Waals surface area (Å²) in [5.41, 5.74) is 0.778. The molecule has 2 aromatic carbocycles. The maximum absolute atomic E-state index is 12.9. The van der Waals surface area contributed by atoms with E-state index in [1.54, 1.807) is 41.3 Å². The maximum Gasteiger partial charge on any atom is 0.261 e. The second kappa shape index (κ2) is 8.06. The first kappa shape index (κ1) is 20.3. The lowest BCUT2D eigenvalue weighted by Gasteiger charge is -2.37. The zero-order chi connectivity index (χ0) is 20.5. The van der Waals surface area contributed by atoms with Gasteiger partial charge < -0.3 is 14.4 Å². The number of piperidine rings is 1. The Hall–Kier alpha value is -1.94. The fourth-order valence-electron chi connectivity index (χ4n) is 3.56. The minimum atomic E-state index is -3.74. The molecule has 0 aromatic heterocycles. The third-order valence-electron chi connectivity index (χ3n) is 5.11. The zero-order valence-electron chi connectivity index (χ0n) is 15.6. The molecule has 2 aliphatic heterocycles. The highest BCUT2D eigenvalue weighted by Gasteiger charge is 2.40. The van der Waals surface area contributed by atoms with E-state index in [4.69, 9.17) is 9.47 Å². The van der Waals surface area contributed by atoms with Crippen molar-refractivity contribution in [1.82, 2.24) is 4.90 Å². The van der Waals surface area contributed by atoms with Crippen LogP contribution in [0.2, 0.25) is 0 Å². The number of likely N-dealkylation sites (tertiary alicyclic amines) is 1. The van der Waals surface area contributed by atoms with Crippen LogP contribution in [0, 0.1) is 0 Å². The fourth-order valence-corrected chi connectivity index (χ4v) is 4.88. The van der Waals surface area contributed by atoms with E-state index in [-0.39, 0.29) is 10.8 Å². The molecule has 9 heteroatoms. The molecule has 0 saturated carbocycles. The predicted molar refractivity (Wildman–Crippen MR) is 111 cm³/mol. The van der Waals surface area contributed by atoms with Crippen LogP contribution in [0.3, 0.4) is 0 Å². The molecule has 7 nitrogen and oxygen atoms in total. The van der Waals surface area contributed by atoms with Crippen LogP contribution in [0.15, 0.2) is 57.9 Å². The average Bonchev–Trinajstić information content (AvgIpc) is 3.16. The summed E-state index contributed by atoms with van der Waals surface area (Å²) in [6.07, 6.45) is 1.27. The number of hydrogen-bond donors (Lipinski definition) is 1. The van der Waals surface area contributed by atoms with Gasteiger partial charge in [-0.1, -0.05) is 22.0 Å². The zero-order valence-corrected chi connectivity index (χ0v) is 18.0. The molecule has 2 aliphatic rings. The number of nitrogens with one attached hydrogen (secondary N) is 1. The molecule has 0 aliphatic carbocycles. The van der Waals surface area contributed by atoms with Crippen LogP contribution in [0.25, 0.3) is 0 Å². The molecule has 0 radical (unpaired) electrons. The van der Waals surface area contributed by atoms with Crippen molar-refractivity contribution in [1.29, 1.82) is 0 Å². The van der Waals surface area contributed by atoms with Crippen molar-refractivity contribution < 1.29 is 22.7 Å². The Kier molecular flexibility index (Phi) is 5.65. The number of nitrogens with zero attached hydrogens (tertiary/aromatic N) is 1. The summed E-state index contributed by atoms with van der Waals surface area (Å²) in [5, 5.41) is 0. The minimum Gasteiger partial charge on any atom is -0.347 e. The quantitative estimate of drug-likeness (QED) is 0.725. The van der Waals surface area contributed by atoms with Crippen molar-refractivity contribution in [2.24, 2.45) is 0 Å². The fraction of sp³-hybridized carbons (Fsp3) is 0.350. The number of hydrogen-bond acceptors (Lipinski definition) is 5. The van der Waals surface area contributed by atoms with Crippen LogP contribution >= 0.6 is 15.9 Å². The summed E-state index contributed by atoms with van der Waals surface area (Å²) in [4.78, 5) is 14.8. The van der Waals surface area contributed by atoms with E-state index in [2.05, 4.69) is 20.7 Å². The summed E-state index contributed by atoms with van der Waals surface area (Å²) < 4.78 is 39.9. The van der Waals surface area contributed by atoms with E-state index in [0.717, 1.165) is 4.47 Å². The van der Waals surface area contributed by atoms with Gasteiger partial charge in [-0.25, -0.2) is 8.42 Å². The van der Waals surface area contributed by atoms with Gasteiger partial charge in [-0.05, 0) is 42.5 Å². The van der Waals surface area contributed by atoms with E-state index < -0.39 is 15.8 Å². The smallest absolute Gasteiger partial charge is 0.261 e. The molecular formula is C20H21BrN2O5S. The normalized spacial score (nSPS) is 18.7. The minimum absolute atomic E-state index is 0.137. The van der Waals surface area contributed by atoms with E-state index in [9.17, 15) is 13.2 Å². The van der Waals surface area contributed by atoms with Crippen molar-refractivity contribution in [2.45, 2.75) is 23.5 Å². The first-order chi connectivity index (χ1) is 13.9. The molecule has 0 bridgehead atoms. The van der Waals surface area contributed by atoms with Crippen molar-refractivity contribution in [3.63, 3.8) is 0 Å². The Morgan fingerprint density at radius 2 is 1.69 bits per heavy atom. The number of sulfonamides is 1. The SMILES string of the molecule is O=C(c1cccc(NS(=O)(=O)c2ccc(Br)cc2)c1)N1CCC2(CC1)OCCO2. The molecule has 2 aromatic rings. The van der Waals surface area contributed by atoms with Crippen LogP contribution in [0.4, 0.5) is 5.69 Å². The number of benzene rings is 2. The van der Waals surface area contributed by atoms with Gasteiger partial charge in [0.25, 0.3) is 15.9 Å². The highest BCUT2D eigenvalue weighted by molar-refractivity contribution is 9.10. The molecule has 0 atom stereocenters. The Bertz CT molecular complexity index is 994. The molecule has 0 unspecified atom stereocenters. The molecule has 1 amide bonds. The second-order valence-corrected chi connectivity index (χ2v) is 9.64. The lowest BCUT2D eigenvalue weighted by Crippen LogP contribution is -2.47. The Morgan fingerprint density at radius 1 is 1.03 bits per heavy atom. The molecule has 2 fully saturated rings. The average molecular weight is 481 g/mol. The molecule has 154 valence electrons. The van der Waals surface area contributed by atoms with Crippen molar-refractivity contribution in [3.05, 3.63) is 58.6 Å². The highest BCUT2D eigenvalue weighted by atomic mass is 79.9. The lowest BCUT2D eigenvalue weighted by atomic mass is 10.0. The van der Waals surface area contributed by atoms with Crippen LogP contribution in [-0.4, -0.2) is 51.3 Å². The van der Waals surface area contributed by atoms with Gasteiger partial charge in [0.05, 0.1) is 18.1 Å². The standard InChI is InChI=1S/C20H21BrN2O5S/c21-16-4-6-18(7-5-16)29(25,26)22-17-3-1-2-15(14-17)19(24)23-10-8-20(9-11-23)27-12-13-28-20/h1-7,14,22H,8-13H2. The van der Waals surface area contributed by atoms with Crippen LogP contribution in [0.5, 0.6) is 0 Å². The predicted octanol–water partition coefficient (Wildman–Crippen LogP) is 3.23. The molecule has 2 heterocycles. The lowest BCUT2D eigenvalue weighted by molar-refractivity contribution is -0.181. The summed E-state index contributed by atoms with van der Waals surface area (Å²) in [6, 6.07) is 12.9. The van der Waals surface area contributed by atoms with E-state index >= 15 is 0 Å². The van der Waals surface area contributed by atoms with Crippen LogP contribution in [-0.2, 0) is 19.5 Å². The summed E-state index contributed by atoms with van der Waals surface area (Å²) in [7, 11) is -3.74. The summed E-state index contributed by atoms with van der Waals surface area (Å²) in [6.45, 7) is 2.25. The van der Waals surface area contributed by atoms with Gasteiger partial charge in [-0.15, -0.1) is 0 Å². The molecule has 2 saturated heterocycles. The number of amides is 1. The van der Waals surface area contributed by atoms with Crippen LogP contribution in [0.1, 0.15) is 23.2 Å². The van der Waals surface area contributed by atoms with E-state index in [1.165, 1.54) is 12.1 Å². The summed E-state index contributed by atoms with van der Waals surface area (Å²) >= 11 is 3.29. The first-order valence-electron chi connectivity index (χ1n) is 9.33. The summed E-state index contributed by atoms with van der Waals surface area (Å²) in [5.74, 6) is -0.679. The van der Waals surface area contributed by atoms with Gasteiger partial charge in [0, 0.05) is 41.7 Å². The Balaban J connectivity index is 1.46. The number of halogens is 1.